The quantitative estimate of drug-likeness (QED) is 0.761. The van der Waals surface area contributed by atoms with Crippen LogP contribution < -0.4 is 0 Å². The molecule has 0 bridgehead atoms. The summed E-state index contributed by atoms with van der Waals surface area (Å²) in [4.78, 5) is 21.5. The van der Waals surface area contributed by atoms with Gasteiger partial charge in [-0.3, -0.25) is 9.78 Å². The molecule has 0 N–H and O–H groups in total. The first-order valence-corrected chi connectivity index (χ1v) is 8.38. The van der Waals surface area contributed by atoms with Gasteiger partial charge in [0.2, 0.25) is 0 Å². The lowest BCUT2D eigenvalue weighted by Gasteiger charge is -2.05. The lowest BCUT2D eigenvalue weighted by Crippen LogP contribution is -2.13. The first kappa shape index (κ1) is 15.7. The highest BCUT2D eigenvalue weighted by molar-refractivity contribution is 8.00. The summed E-state index contributed by atoms with van der Waals surface area (Å²) in [6.45, 7) is 4.09. The summed E-state index contributed by atoms with van der Waals surface area (Å²) in [5.41, 5.74) is 0.935. The van der Waals surface area contributed by atoms with Crippen molar-refractivity contribution in [2.24, 2.45) is 0 Å². The van der Waals surface area contributed by atoms with Crippen LogP contribution >= 0.6 is 23.1 Å². The molecule has 0 aromatic carbocycles. The summed E-state index contributed by atoms with van der Waals surface area (Å²) >= 11 is 2.80. The number of ketones is 1. The lowest BCUT2D eigenvalue weighted by molar-refractivity contribution is -0.116. The van der Waals surface area contributed by atoms with Gasteiger partial charge in [0.05, 0.1) is 17.5 Å². The number of aromatic nitrogens is 2. The minimum Gasteiger partial charge on any atom is -0.297 e. The second-order valence-electron chi connectivity index (χ2n) is 4.77. The molecule has 1 atom stereocenters. The molecule has 0 aliphatic heterocycles. The summed E-state index contributed by atoms with van der Waals surface area (Å²) < 4.78 is 0. The van der Waals surface area contributed by atoms with Gasteiger partial charge >= 0.3 is 0 Å². The number of thiazole rings is 1. The van der Waals surface area contributed by atoms with E-state index in [4.69, 9.17) is 0 Å². The topological polar surface area (TPSA) is 66.6 Å². The Hall–Kier alpha value is -1.71. The van der Waals surface area contributed by atoms with Crippen molar-refractivity contribution in [1.29, 1.82) is 5.26 Å². The second kappa shape index (κ2) is 7.34. The molecule has 0 saturated carbocycles. The summed E-state index contributed by atoms with van der Waals surface area (Å²) in [6, 6.07) is 5.77. The third-order valence-electron chi connectivity index (χ3n) is 2.86. The zero-order chi connectivity index (χ0) is 15.2. The van der Waals surface area contributed by atoms with Crippen LogP contribution in [0, 0.1) is 11.3 Å². The van der Waals surface area contributed by atoms with Gasteiger partial charge in [-0.15, -0.1) is 23.1 Å². The van der Waals surface area contributed by atoms with Crippen LogP contribution in [0.1, 0.15) is 36.4 Å². The van der Waals surface area contributed by atoms with E-state index in [9.17, 15) is 10.1 Å². The number of hydrogen-bond donors (Lipinski definition) is 0. The van der Waals surface area contributed by atoms with Gasteiger partial charge in [-0.25, -0.2) is 4.98 Å². The van der Waals surface area contributed by atoms with E-state index in [1.54, 1.807) is 12.4 Å². The van der Waals surface area contributed by atoms with Crippen molar-refractivity contribution < 1.29 is 4.79 Å². The van der Waals surface area contributed by atoms with Crippen LogP contribution in [0.4, 0.5) is 0 Å². The molecule has 0 radical (unpaired) electrons. The fraction of sp³-hybridized carbons (Fsp3) is 0.333. The van der Waals surface area contributed by atoms with E-state index in [2.05, 4.69) is 16.0 Å². The predicted octanol–water partition coefficient (Wildman–Crippen LogP) is 3.63. The summed E-state index contributed by atoms with van der Waals surface area (Å²) in [7, 11) is 0. The Balaban J connectivity index is 2.03. The Morgan fingerprint density at radius 2 is 2.14 bits per heavy atom. The molecule has 0 aliphatic carbocycles. The fourth-order valence-electron chi connectivity index (χ4n) is 1.64. The van der Waals surface area contributed by atoms with Crippen molar-refractivity contribution >= 4 is 28.9 Å². The molecule has 2 aromatic heterocycles. The Morgan fingerprint density at radius 3 is 2.71 bits per heavy atom. The smallest absolute Gasteiger partial charge is 0.167 e. The van der Waals surface area contributed by atoms with Gasteiger partial charge in [0.25, 0.3) is 0 Å². The molecule has 2 aromatic rings. The number of rotatable bonds is 6. The normalized spacial score (nSPS) is 12.1. The van der Waals surface area contributed by atoms with Gasteiger partial charge in [0.15, 0.2) is 11.7 Å². The largest absolute Gasteiger partial charge is 0.297 e. The molecule has 0 spiro atoms. The molecule has 108 valence electrons. The number of nitrogens with zero attached hydrogens (tertiary/aromatic N) is 3. The maximum atomic E-state index is 12.2. The van der Waals surface area contributed by atoms with Crippen LogP contribution in [0.2, 0.25) is 0 Å². The van der Waals surface area contributed by atoms with Gasteiger partial charge in [-0.2, -0.15) is 5.26 Å². The average Bonchev–Trinajstić information content (AvgIpc) is 2.97. The van der Waals surface area contributed by atoms with E-state index in [-0.39, 0.29) is 11.5 Å². The molecular formula is C15H15N3OS2. The number of hydrogen-bond acceptors (Lipinski definition) is 6. The molecule has 0 aliphatic rings. The molecule has 21 heavy (non-hydrogen) atoms. The maximum absolute atomic E-state index is 12.2. The van der Waals surface area contributed by atoms with Gasteiger partial charge in [0, 0.05) is 22.7 Å². The number of carbonyl (C=O) groups is 1. The minimum atomic E-state index is -0.767. The first-order chi connectivity index (χ1) is 10.1. The van der Waals surface area contributed by atoms with Gasteiger partial charge in [-0.05, 0) is 18.1 Å². The highest BCUT2D eigenvalue weighted by atomic mass is 32.2. The van der Waals surface area contributed by atoms with E-state index in [1.807, 2.05) is 31.4 Å². The predicted molar refractivity (Wildman–Crippen MR) is 84.5 cm³/mol. The highest BCUT2D eigenvalue weighted by Crippen LogP contribution is 2.26. The molecule has 0 amide bonds. The first-order valence-electron chi connectivity index (χ1n) is 6.52. The molecule has 0 unspecified atom stereocenters. The van der Waals surface area contributed by atoms with Crippen LogP contribution in [-0.2, 0) is 4.79 Å². The van der Waals surface area contributed by atoms with Gasteiger partial charge in [-0.1, -0.05) is 13.8 Å². The Morgan fingerprint density at radius 1 is 1.43 bits per heavy atom. The van der Waals surface area contributed by atoms with E-state index < -0.39 is 5.92 Å². The molecule has 6 heteroatoms. The SMILES string of the molecule is CC(C)c1csc([C@H](C#N)C(=O)CSc2ccncc2)n1. The van der Waals surface area contributed by atoms with E-state index >= 15 is 0 Å². The molecule has 0 saturated heterocycles. The summed E-state index contributed by atoms with van der Waals surface area (Å²) in [5, 5.41) is 11.8. The summed E-state index contributed by atoms with van der Waals surface area (Å²) in [5.74, 6) is -0.310. The van der Waals surface area contributed by atoms with Crippen molar-refractivity contribution in [2.45, 2.75) is 30.6 Å². The number of pyridine rings is 1. The van der Waals surface area contributed by atoms with Gasteiger partial charge < -0.3 is 0 Å². The third-order valence-corrected chi connectivity index (χ3v) is 4.82. The molecule has 2 rings (SSSR count). The standard InChI is InChI=1S/C15H15N3OS2/c1-10(2)13-8-21-15(18-13)12(7-16)14(19)9-20-11-3-5-17-6-4-11/h3-6,8,10,12H,9H2,1-2H3/t12-/m1/s1. The third kappa shape index (κ3) is 4.13. The van der Waals surface area contributed by atoms with Crippen LogP contribution in [0.25, 0.3) is 0 Å². The van der Waals surface area contributed by atoms with Crippen LogP contribution in [-0.4, -0.2) is 21.5 Å². The number of thioether (sulfide) groups is 1. The number of carbonyl (C=O) groups excluding carboxylic acids is 1. The highest BCUT2D eigenvalue weighted by Gasteiger charge is 2.24. The Bertz CT molecular complexity index is 646. The van der Waals surface area contributed by atoms with Crippen LogP contribution in [0.15, 0.2) is 34.8 Å². The monoisotopic (exact) mass is 317 g/mol. The van der Waals surface area contributed by atoms with Crippen molar-refractivity contribution in [1.82, 2.24) is 9.97 Å². The Kier molecular flexibility index (Phi) is 5.48. The molecule has 2 heterocycles. The van der Waals surface area contributed by atoms with Crippen molar-refractivity contribution in [3.63, 3.8) is 0 Å². The van der Waals surface area contributed by atoms with Crippen molar-refractivity contribution in [3.05, 3.63) is 40.6 Å². The summed E-state index contributed by atoms with van der Waals surface area (Å²) in [6.07, 6.45) is 3.37. The van der Waals surface area contributed by atoms with Crippen molar-refractivity contribution in [2.75, 3.05) is 5.75 Å². The minimum absolute atomic E-state index is 0.107. The molecule has 0 fully saturated rings. The second-order valence-corrected chi connectivity index (χ2v) is 6.70. The van der Waals surface area contributed by atoms with Crippen molar-refractivity contribution in [3.8, 4) is 6.07 Å². The van der Waals surface area contributed by atoms with Crippen LogP contribution in [0.5, 0.6) is 0 Å². The average molecular weight is 317 g/mol. The number of nitriles is 1. The van der Waals surface area contributed by atoms with Crippen LogP contribution in [0.3, 0.4) is 0 Å². The maximum Gasteiger partial charge on any atom is 0.167 e. The van der Waals surface area contributed by atoms with Gasteiger partial charge in [0.1, 0.15) is 5.01 Å². The fourth-order valence-corrected chi connectivity index (χ4v) is 3.47. The number of Topliss-reactive ketones (excluding diaryl/α,β-unsaturated/α-hetero) is 1. The van der Waals surface area contributed by atoms with E-state index in [0.29, 0.717) is 10.9 Å². The zero-order valence-electron chi connectivity index (χ0n) is 11.8. The Labute approximate surface area is 132 Å². The molecule has 4 nitrogen and oxygen atoms in total. The van der Waals surface area contributed by atoms with E-state index in [0.717, 1.165) is 10.6 Å². The lowest BCUT2D eigenvalue weighted by atomic mass is 10.1. The molecular weight excluding hydrogens is 302 g/mol. The zero-order valence-corrected chi connectivity index (χ0v) is 13.4. The van der Waals surface area contributed by atoms with E-state index in [1.165, 1.54) is 23.1 Å².